The largest absolute Gasteiger partial charge is 0.295 e. The first-order chi connectivity index (χ1) is 14.2. The normalized spacial score (nSPS) is 13.3. The van der Waals surface area contributed by atoms with Crippen molar-refractivity contribution in [2.45, 2.75) is 46.0 Å². The van der Waals surface area contributed by atoms with Crippen molar-refractivity contribution in [3.8, 4) is 0 Å². The SMILES string of the molecule is C=C(CC(=NC)/C(=C/N=C(C)CN(SC)c1cccc(C(F)F)n1)CCC)C(F)F. The lowest BCUT2D eigenvalue weighted by molar-refractivity contribution is 0.146. The number of nitrogens with zero attached hydrogens (tertiary/aromatic N) is 4. The number of halogens is 4. The third-order valence-corrected chi connectivity index (χ3v) is 4.89. The van der Waals surface area contributed by atoms with E-state index in [1.807, 2.05) is 13.2 Å². The zero-order valence-electron chi connectivity index (χ0n) is 17.7. The number of hydrogen-bond acceptors (Lipinski definition) is 5. The van der Waals surface area contributed by atoms with E-state index in [9.17, 15) is 17.6 Å². The quantitative estimate of drug-likeness (QED) is 0.159. The standard InChI is InChI=1S/C21H28F4N4S/c1-6-8-16(18(26-4)11-14(2)20(22)23)12-27-15(3)13-29(30-5)19-10-7-9-17(28-19)21(24)25/h7,9-10,12,20-21H,2,6,8,11,13H2,1,3-5H3/b16-12+,26-18?,27-15?. The topological polar surface area (TPSA) is 40.9 Å². The Hall–Kier alpha value is -2.16. The molecule has 0 unspecified atom stereocenters. The summed E-state index contributed by atoms with van der Waals surface area (Å²) < 4.78 is 53.3. The van der Waals surface area contributed by atoms with Crippen LogP contribution in [-0.4, -0.2) is 42.7 Å². The summed E-state index contributed by atoms with van der Waals surface area (Å²) in [5, 5.41) is 0. The summed E-state index contributed by atoms with van der Waals surface area (Å²) in [5.74, 6) is 0.414. The van der Waals surface area contributed by atoms with Gasteiger partial charge in [-0.25, -0.2) is 22.5 Å². The molecular formula is C21H28F4N4S. The Morgan fingerprint density at radius 3 is 2.53 bits per heavy atom. The fourth-order valence-electron chi connectivity index (χ4n) is 2.56. The summed E-state index contributed by atoms with van der Waals surface area (Å²) in [4.78, 5) is 12.6. The first-order valence-electron chi connectivity index (χ1n) is 9.44. The van der Waals surface area contributed by atoms with Crippen LogP contribution in [0.2, 0.25) is 0 Å². The molecule has 1 heterocycles. The first-order valence-corrected chi connectivity index (χ1v) is 10.6. The van der Waals surface area contributed by atoms with Crippen LogP contribution in [0.25, 0.3) is 0 Å². The predicted octanol–water partition coefficient (Wildman–Crippen LogP) is 6.53. The number of allylic oxidation sites excluding steroid dienone is 2. The first kappa shape index (κ1) is 25.9. The van der Waals surface area contributed by atoms with Crippen molar-refractivity contribution < 1.29 is 17.6 Å². The van der Waals surface area contributed by atoms with E-state index in [-0.39, 0.29) is 17.7 Å². The molecule has 166 valence electrons. The van der Waals surface area contributed by atoms with Gasteiger partial charge in [0.1, 0.15) is 11.5 Å². The second-order valence-corrected chi connectivity index (χ2v) is 7.32. The second-order valence-electron chi connectivity index (χ2n) is 6.52. The van der Waals surface area contributed by atoms with Crippen molar-refractivity contribution in [3.05, 3.63) is 47.8 Å². The monoisotopic (exact) mass is 444 g/mol. The highest BCUT2D eigenvalue weighted by Gasteiger charge is 2.15. The van der Waals surface area contributed by atoms with Crippen LogP contribution >= 0.6 is 11.9 Å². The van der Waals surface area contributed by atoms with Crippen molar-refractivity contribution in [1.82, 2.24) is 4.98 Å². The summed E-state index contributed by atoms with van der Waals surface area (Å²) in [6, 6.07) is 4.48. The lowest BCUT2D eigenvalue weighted by Gasteiger charge is -2.20. The Labute approximate surface area is 180 Å². The molecule has 9 heteroatoms. The summed E-state index contributed by atoms with van der Waals surface area (Å²) in [6.45, 7) is 7.57. The van der Waals surface area contributed by atoms with E-state index in [0.29, 0.717) is 30.2 Å². The van der Waals surface area contributed by atoms with Gasteiger partial charge < -0.3 is 0 Å². The van der Waals surface area contributed by atoms with Crippen molar-refractivity contribution in [1.29, 1.82) is 0 Å². The van der Waals surface area contributed by atoms with Gasteiger partial charge in [-0.2, -0.15) is 0 Å². The minimum absolute atomic E-state index is 0.00412. The Bertz CT molecular complexity index is 791. The van der Waals surface area contributed by atoms with Gasteiger partial charge in [0, 0.05) is 37.3 Å². The molecular weight excluding hydrogens is 416 g/mol. The molecule has 30 heavy (non-hydrogen) atoms. The van der Waals surface area contributed by atoms with Crippen LogP contribution in [0.3, 0.4) is 0 Å². The van der Waals surface area contributed by atoms with Crippen LogP contribution in [0, 0.1) is 0 Å². The fraction of sp³-hybridized carbons (Fsp3) is 0.476. The minimum atomic E-state index is -2.64. The van der Waals surface area contributed by atoms with Gasteiger partial charge in [0.15, 0.2) is 0 Å². The van der Waals surface area contributed by atoms with Gasteiger partial charge in [-0.3, -0.25) is 14.3 Å². The highest BCUT2D eigenvalue weighted by molar-refractivity contribution is 8.00. The van der Waals surface area contributed by atoms with Gasteiger partial charge in [-0.15, -0.1) is 0 Å². The minimum Gasteiger partial charge on any atom is -0.295 e. The number of rotatable bonds is 12. The molecule has 1 aromatic rings. The van der Waals surface area contributed by atoms with E-state index in [0.717, 1.165) is 12.0 Å². The molecule has 0 spiro atoms. The Morgan fingerprint density at radius 1 is 1.30 bits per heavy atom. The van der Waals surface area contributed by atoms with E-state index in [1.54, 1.807) is 36.6 Å². The van der Waals surface area contributed by atoms with Crippen LogP contribution in [0.1, 0.15) is 45.2 Å². The highest BCUT2D eigenvalue weighted by atomic mass is 32.2. The number of aromatic nitrogens is 1. The molecule has 0 amide bonds. The number of alkyl halides is 4. The fourth-order valence-corrected chi connectivity index (χ4v) is 3.16. The van der Waals surface area contributed by atoms with E-state index < -0.39 is 12.9 Å². The number of pyridine rings is 1. The number of hydrogen-bond donors (Lipinski definition) is 0. The molecule has 0 saturated heterocycles. The lowest BCUT2D eigenvalue weighted by atomic mass is 10.0. The zero-order chi connectivity index (χ0) is 22.7. The van der Waals surface area contributed by atoms with Crippen LogP contribution in [0.4, 0.5) is 23.4 Å². The molecule has 0 aliphatic carbocycles. The van der Waals surface area contributed by atoms with Gasteiger partial charge in [0.05, 0.1) is 6.54 Å². The molecule has 1 aromatic heterocycles. The molecule has 0 saturated carbocycles. The van der Waals surface area contributed by atoms with Crippen molar-refractivity contribution >= 4 is 29.2 Å². The molecule has 4 nitrogen and oxygen atoms in total. The summed E-state index contributed by atoms with van der Waals surface area (Å²) in [5.41, 5.74) is 1.55. The van der Waals surface area contributed by atoms with Crippen LogP contribution < -0.4 is 4.31 Å². The Balaban J connectivity index is 3.03. The maximum Gasteiger partial charge on any atom is 0.280 e. The van der Waals surface area contributed by atoms with E-state index >= 15 is 0 Å². The van der Waals surface area contributed by atoms with E-state index in [2.05, 4.69) is 21.5 Å². The van der Waals surface area contributed by atoms with Crippen LogP contribution in [0.15, 0.2) is 52.1 Å². The van der Waals surface area contributed by atoms with Crippen LogP contribution in [0.5, 0.6) is 0 Å². The summed E-state index contributed by atoms with van der Waals surface area (Å²) in [6.07, 6.45) is -0.331. The van der Waals surface area contributed by atoms with Gasteiger partial charge in [-0.05, 0) is 36.6 Å². The molecule has 0 aromatic carbocycles. The second kappa shape index (κ2) is 13.2. The molecule has 0 atom stereocenters. The van der Waals surface area contributed by atoms with Crippen LogP contribution in [-0.2, 0) is 0 Å². The van der Waals surface area contributed by atoms with E-state index in [1.165, 1.54) is 18.0 Å². The molecule has 1 rings (SSSR count). The lowest BCUT2D eigenvalue weighted by Crippen LogP contribution is -2.22. The van der Waals surface area contributed by atoms with Crippen molar-refractivity contribution in [3.63, 3.8) is 0 Å². The predicted molar refractivity (Wildman–Crippen MR) is 119 cm³/mol. The molecule has 0 bridgehead atoms. The zero-order valence-corrected chi connectivity index (χ0v) is 18.5. The van der Waals surface area contributed by atoms with Gasteiger partial charge in [0.2, 0.25) is 0 Å². The van der Waals surface area contributed by atoms with E-state index in [4.69, 9.17) is 0 Å². The Morgan fingerprint density at radius 2 is 2.00 bits per heavy atom. The molecule has 0 aliphatic heterocycles. The smallest absolute Gasteiger partial charge is 0.280 e. The van der Waals surface area contributed by atoms with Gasteiger partial charge in [-0.1, -0.05) is 37.9 Å². The highest BCUT2D eigenvalue weighted by Crippen LogP contribution is 2.23. The Kier molecular flexibility index (Phi) is 11.4. The third-order valence-electron chi connectivity index (χ3n) is 4.13. The number of aliphatic imine (C=N–C) groups is 2. The summed E-state index contributed by atoms with van der Waals surface area (Å²) in [7, 11) is 1.56. The van der Waals surface area contributed by atoms with Crippen molar-refractivity contribution in [2.24, 2.45) is 9.98 Å². The molecule has 0 N–H and O–H groups in total. The number of anilines is 1. The average Bonchev–Trinajstić information content (AvgIpc) is 2.73. The molecule has 0 aliphatic rings. The summed E-state index contributed by atoms with van der Waals surface area (Å²) >= 11 is 1.34. The maximum absolute atomic E-state index is 12.9. The average molecular weight is 445 g/mol. The molecule has 0 fully saturated rings. The van der Waals surface area contributed by atoms with Crippen molar-refractivity contribution in [2.75, 3.05) is 24.2 Å². The van der Waals surface area contributed by atoms with Gasteiger partial charge in [0.25, 0.3) is 12.9 Å². The molecule has 0 radical (unpaired) electrons. The van der Waals surface area contributed by atoms with Gasteiger partial charge >= 0.3 is 0 Å². The third kappa shape index (κ3) is 8.30. The maximum atomic E-state index is 12.9.